The first-order chi connectivity index (χ1) is 21.9. The van der Waals surface area contributed by atoms with E-state index in [0.717, 1.165) is 21.9 Å². The highest BCUT2D eigenvalue weighted by atomic mass is 16.7. The molecule has 1 saturated heterocycles. The third-order valence-corrected chi connectivity index (χ3v) is 7.11. The zero-order chi connectivity index (χ0) is 34.7. The second kappa shape index (κ2) is 11.5. The van der Waals surface area contributed by atoms with Gasteiger partial charge in [0.15, 0.2) is 23.5 Å². The summed E-state index contributed by atoms with van der Waals surface area (Å²) in [7, 11) is 1.17. The molecule has 1 aromatic rings. The number of Topliss-reactive ketones (excluding diaryl/α,β-unsaturated/α-hetero) is 1. The number of hydrogen-bond acceptors (Lipinski definition) is 17. The number of carbonyl (C=O) groups is 3. The maximum Gasteiger partial charge on any atom is 0.417 e. The molecule has 0 spiro atoms. The topological polar surface area (TPSA) is 275 Å². The van der Waals surface area contributed by atoms with Crippen molar-refractivity contribution in [1.82, 2.24) is 4.90 Å². The second-order valence-electron chi connectivity index (χ2n) is 11.4. The molecule has 0 saturated carbocycles. The molecule has 1 fully saturated rings. The predicted octanol–water partition coefficient (Wildman–Crippen LogP) is 2.89. The van der Waals surface area contributed by atoms with Gasteiger partial charge in [-0.1, -0.05) is 0 Å². The van der Waals surface area contributed by atoms with Gasteiger partial charge in [-0.25, -0.2) is 9.69 Å². The van der Waals surface area contributed by atoms with E-state index in [9.17, 15) is 55.2 Å². The fourth-order valence-electron chi connectivity index (χ4n) is 5.00. The van der Waals surface area contributed by atoms with Gasteiger partial charge in [-0.2, -0.15) is 0 Å². The minimum Gasteiger partial charge on any atom is -0.503 e. The average Bonchev–Trinajstić information content (AvgIpc) is 3.36. The molecule has 254 valence electrons. The van der Waals surface area contributed by atoms with Crippen LogP contribution in [0.2, 0.25) is 0 Å². The van der Waals surface area contributed by atoms with Crippen LogP contribution in [0.4, 0.5) is 10.5 Å². The second-order valence-corrected chi connectivity index (χ2v) is 11.4. The molecule has 4 heterocycles. The van der Waals surface area contributed by atoms with Crippen molar-refractivity contribution in [1.29, 1.82) is 0 Å². The number of anilines is 1. The molecule has 2 amide bonds. The van der Waals surface area contributed by atoms with E-state index in [-0.39, 0.29) is 29.2 Å². The van der Waals surface area contributed by atoms with E-state index in [2.05, 4.69) is 0 Å². The number of amides is 2. The molecule has 0 aliphatic carbocycles. The average molecular weight is 667 g/mol. The lowest BCUT2D eigenvalue weighted by Gasteiger charge is -2.38. The number of methoxy groups -OCH3 is 1. The summed E-state index contributed by atoms with van der Waals surface area (Å²) in [5, 5.41) is 80.2. The number of nitrogens with zero attached hydrogens (tertiary/aromatic N) is 2. The molecule has 0 aromatic heterocycles. The molecular weight excluding hydrogens is 636 g/mol. The van der Waals surface area contributed by atoms with Gasteiger partial charge in [-0.15, -0.1) is 0 Å². The van der Waals surface area contributed by atoms with Crippen LogP contribution >= 0.6 is 0 Å². The minimum atomic E-state index is -2.10. The van der Waals surface area contributed by atoms with Crippen LogP contribution in [0.5, 0.6) is 11.5 Å². The zero-order valence-corrected chi connectivity index (χ0v) is 25.0. The third-order valence-electron chi connectivity index (χ3n) is 7.11. The van der Waals surface area contributed by atoms with E-state index >= 15 is 0 Å². The summed E-state index contributed by atoms with van der Waals surface area (Å²) in [5.41, 5.74) is -1.77. The van der Waals surface area contributed by atoms with Gasteiger partial charge >= 0.3 is 24.3 Å². The summed E-state index contributed by atoms with van der Waals surface area (Å²) in [6, 6.07) is 0.856. The fraction of sp³-hybridized carbons (Fsp3) is 0.393. The number of aliphatic hydroxyl groups excluding tert-OH is 8. The van der Waals surface area contributed by atoms with Crippen molar-refractivity contribution in [2.45, 2.75) is 57.6 Å². The van der Waals surface area contributed by atoms with E-state index in [1.165, 1.54) is 27.9 Å². The largest absolute Gasteiger partial charge is 0.503 e. The summed E-state index contributed by atoms with van der Waals surface area (Å²) in [5.74, 6) is -11.4. The fourth-order valence-corrected chi connectivity index (χ4v) is 5.00. The Morgan fingerprint density at radius 3 is 2.00 bits per heavy atom. The highest BCUT2D eigenvalue weighted by Crippen LogP contribution is 2.44. The van der Waals surface area contributed by atoms with E-state index in [0.29, 0.717) is 0 Å². The lowest BCUT2D eigenvalue weighted by atomic mass is 10.1. The van der Waals surface area contributed by atoms with Crippen molar-refractivity contribution in [3.8, 4) is 11.5 Å². The monoisotopic (exact) mass is 666 g/mol. The molecule has 0 bridgehead atoms. The van der Waals surface area contributed by atoms with Gasteiger partial charge in [0.2, 0.25) is 34.6 Å². The van der Waals surface area contributed by atoms with Crippen LogP contribution in [0.3, 0.4) is 0 Å². The van der Waals surface area contributed by atoms with Crippen LogP contribution < -0.4 is 14.4 Å². The highest BCUT2D eigenvalue weighted by Gasteiger charge is 2.51. The first-order valence-electron chi connectivity index (χ1n) is 13.6. The van der Waals surface area contributed by atoms with E-state index < -0.39 is 101 Å². The maximum atomic E-state index is 14.0. The van der Waals surface area contributed by atoms with Gasteiger partial charge in [0, 0.05) is 12.5 Å². The molecule has 5 rings (SSSR count). The van der Waals surface area contributed by atoms with Gasteiger partial charge in [-0.05, 0) is 26.8 Å². The van der Waals surface area contributed by atoms with E-state index in [1.54, 1.807) is 0 Å². The summed E-state index contributed by atoms with van der Waals surface area (Å²) < 4.78 is 32.4. The number of aliphatic hydroxyl groups is 8. The van der Waals surface area contributed by atoms with Crippen molar-refractivity contribution in [3.05, 3.63) is 64.1 Å². The number of fused-ring (bicyclic) bond motifs is 2. The Hall–Kier alpha value is -5.85. The van der Waals surface area contributed by atoms with Gasteiger partial charge in [-0.3, -0.25) is 9.59 Å². The summed E-state index contributed by atoms with van der Waals surface area (Å²) in [6.45, 7) is 4.13. The smallest absolute Gasteiger partial charge is 0.417 e. The molecule has 0 radical (unpaired) electrons. The Morgan fingerprint density at radius 2 is 1.43 bits per heavy atom. The van der Waals surface area contributed by atoms with Crippen LogP contribution in [-0.4, -0.2) is 108 Å². The molecule has 19 nitrogen and oxygen atoms in total. The normalized spacial score (nSPS) is 24.9. The van der Waals surface area contributed by atoms with Crippen molar-refractivity contribution >= 4 is 23.5 Å². The molecular formula is C28H30N2O17. The highest BCUT2D eigenvalue weighted by molar-refractivity contribution is 6.08. The van der Waals surface area contributed by atoms with Gasteiger partial charge in [0.1, 0.15) is 5.60 Å². The molecule has 2 unspecified atom stereocenters. The number of carbonyl (C=O) groups excluding carboxylic acids is 3. The zero-order valence-electron chi connectivity index (χ0n) is 25.0. The SMILES string of the molecule is COc1cc2c(cc1OC1OC(O)=C(O)C(O)=C1O)N(C(=O)OC(C)(C)C)[C@@H](OC1OC(O)=C(O)C(O)=C1O)[C@@H]1CC(=O)CN1C2=O. The maximum absolute atomic E-state index is 14.0. The molecule has 8 N–H and O–H groups in total. The minimum absolute atomic E-state index is 0.219. The first-order valence-corrected chi connectivity index (χ1v) is 13.6. The van der Waals surface area contributed by atoms with Crippen LogP contribution in [-0.2, 0) is 23.7 Å². The molecule has 1 aromatic carbocycles. The number of hydrogen-bond donors (Lipinski definition) is 8. The quantitative estimate of drug-likeness (QED) is 0.224. The summed E-state index contributed by atoms with van der Waals surface area (Å²) >= 11 is 0. The molecule has 4 atom stereocenters. The van der Waals surface area contributed by atoms with E-state index in [4.69, 9.17) is 28.4 Å². The van der Waals surface area contributed by atoms with Gasteiger partial charge in [0.25, 0.3) is 12.2 Å². The number of ether oxygens (including phenoxy) is 6. The van der Waals surface area contributed by atoms with Crippen molar-refractivity contribution in [2.75, 3.05) is 18.6 Å². The Balaban J connectivity index is 1.69. The summed E-state index contributed by atoms with van der Waals surface area (Å²) in [6.07, 6.45) is -7.45. The number of ketones is 1. The van der Waals surface area contributed by atoms with Gasteiger partial charge < -0.3 is 74.2 Å². The Morgan fingerprint density at radius 1 is 0.851 bits per heavy atom. The molecule has 4 aliphatic heterocycles. The third kappa shape index (κ3) is 5.71. The Labute approximate surface area is 264 Å². The van der Waals surface area contributed by atoms with Crippen LogP contribution in [0, 0.1) is 0 Å². The lowest BCUT2D eigenvalue weighted by molar-refractivity contribution is -0.181. The standard InChI is InChI=1S/C28H30N2O17/c1-28(2,3)47-27(41)30-11-7-14(43-25-19(36)15(32)17(34)23(39)45-25)13(42-4)6-10(11)21(38)29-8-9(31)5-12(29)22(30)44-26-20(37)16(33)18(35)24(40)46-26/h6-7,12,22,25-26,32-37,39-40H,5,8H2,1-4H3/t12-,22-,25?,26?/m0/s1. The summed E-state index contributed by atoms with van der Waals surface area (Å²) in [4.78, 5) is 42.5. The predicted molar refractivity (Wildman–Crippen MR) is 151 cm³/mol. The van der Waals surface area contributed by atoms with Crippen molar-refractivity contribution in [3.63, 3.8) is 0 Å². The first kappa shape index (κ1) is 32.5. The Bertz CT molecular complexity index is 1670. The number of benzene rings is 1. The number of rotatable bonds is 5. The molecule has 19 heteroatoms. The van der Waals surface area contributed by atoms with Crippen LogP contribution in [0.25, 0.3) is 0 Å². The van der Waals surface area contributed by atoms with Crippen LogP contribution in [0.1, 0.15) is 37.6 Å². The van der Waals surface area contributed by atoms with E-state index in [1.807, 2.05) is 0 Å². The van der Waals surface area contributed by atoms with Crippen LogP contribution in [0.15, 0.2) is 58.6 Å². The molecule has 47 heavy (non-hydrogen) atoms. The Kier molecular flexibility index (Phi) is 7.96. The van der Waals surface area contributed by atoms with Crippen molar-refractivity contribution in [2.24, 2.45) is 0 Å². The van der Waals surface area contributed by atoms with Gasteiger partial charge in [0.05, 0.1) is 30.9 Å². The lowest BCUT2D eigenvalue weighted by Crippen LogP contribution is -2.55. The molecule has 4 aliphatic rings. The van der Waals surface area contributed by atoms with Crippen molar-refractivity contribution < 1.29 is 83.7 Å².